The van der Waals surface area contributed by atoms with Gasteiger partial charge in [-0.25, -0.2) is 0 Å². The molecule has 1 aliphatic heterocycles. The topological polar surface area (TPSA) is 83.7 Å². The number of halogens is 1. The zero-order valence-electron chi connectivity index (χ0n) is 15.5. The van der Waals surface area contributed by atoms with E-state index in [0.717, 1.165) is 31.6 Å². The normalized spacial score (nSPS) is 16.6. The van der Waals surface area contributed by atoms with E-state index in [1.807, 2.05) is 12.1 Å². The molecule has 1 heterocycles. The molecule has 0 amide bonds. The molecule has 0 saturated carbocycles. The standard InChI is InChI=1S/C21H23ClN2O4/c22-18-7-5-17(6-8-18)21(26)11-14-23(15-12-21)13-1-2-20(25)16-3-9-19(10-4-16)24(27)28/h3-10,26H,1-2,11-15H2. The van der Waals surface area contributed by atoms with Crippen molar-refractivity contribution in [2.45, 2.75) is 31.3 Å². The monoisotopic (exact) mass is 402 g/mol. The van der Waals surface area contributed by atoms with Crippen molar-refractivity contribution in [1.29, 1.82) is 0 Å². The van der Waals surface area contributed by atoms with Crippen molar-refractivity contribution in [3.8, 4) is 0 Å². The highest BCUT2D eigenvalue weighted by Gasteiger charge is 2.33. The summed E-state index contributed by atoms with van der Waals surface area (Å²) in [4.78, 5) is 24.7. The number of nitrogens with zero attached hydrogens (tertiary/aromatic N) is 2. The van der Waals surface area contributed by atoms with E-state index in [2.05, 4.69) is 4.90 Å². The van der Waals surface area contributed by atoms with E-state index < -0.39 is 10.5 Å². The Morgan fingerprint density at radius 1 is 1.11 bits per heavy atom. The number of benzene rings is 2. The molecule has 7 heteroatoms. The molecule has 1 saturated heterocycles. The first kappa shape index (κ1) is 20.5. The minimum Gasteiger partial charge on any atom is -0.385 e. The lowest BCUT2D eigenvalue weighted by Crippen LogP contribution is -2.42. The molecule has 148 valence electrons. The lowest BCUT2D eigenvalue weighted by Gasteiger charge is -2.38. The third-order valence-corrected chi connectivity index (χ3v) is 5.60. The first-order valence-corrected chi connectivity index (χ1v) is 9.74. The molecule has 3 rings (SSSR count). The molecule has 28 heavy (non-hydrogen) atoms. The van der Waals surface area contributed by atoms with Crippen LogP contribution in [0, 0.1) is 10.1 Å². The van der Waals surface area contributed by atoms with Crippen LogP contribution in [0.2, 0.25) is 5.02 Å². The zero-order chi connectivity index (χ0) is 20.1. The smallest absolute Gasteiger partial charge is 0.269 e. The highest BCUT2D eigenvalue weighted by Crippen LogP contribution is 2.33. The van der Waals surface area contributed by atoms with E-state index in [0.29, 0.717) is 29.8 Å². The number of ketones is 1. The second kappa shape index (κ2) is 8.82. The summed E-state index contributed by atoms with van der Waals surface area (Å²) >= 11 is 5.92. The average molecular weight is 403 g/mol. The molecule has 0 unspecified atom stereocenters. The number of Topliss-reactive ketones (excluding diaryl/α,β-unsaturated/α-hetero) is 1. The van der Waals surface area contributed by atoms with Crippen LogP contribution >= 0.6 is 11.6 Å². The Hall–Kier alpha value is -2.28. The Labute approximate surface area is 168 Å². The fourth-order valence-electron chi connectivity index (χ4n) is 3.57. The Kier molecular flexibility index (Phi) is 6.44. The molecule has 2 aromatic rings. The Morgan fingerprint density at radius 2 is 1.71 bits per heavy atom. The molecule has 0 bridgehead atoms. The highest BCUT2D eigenvalue weighted by atomic mass is 35.5. The predicted octanol–water partition coefficient (Wildman–Crippen LogP) is 4.19. The summed E-state index contributed by atoms with van der Waals surface area (Å²) in [7, 11) is 0. The lowest BCUT2D eigenvalue weighted by atomic mass is 9.84. The Bertz CT molecular complexity index is 828. The van der Waals surface area contributed by atoms with Crippen LogP contribution in [-0.2, 0) is 5.60 Å². The minimum absolute atomic E-state index is 0.00965. The number of nitro groups is 1. The number of rotatable bonds is 7. The summed E-state index contributed by atoms with van der Waals surface area (Å²) in [6, 6.07) is 13.1. The maximum absolute atomic E-state index is 12.2. The van der Waals surface area contributed by atoms with Gasteiger partial charge in [-0.2, -0.15) is 0 Å². The Morgan fingerprint density at radius 3 is 2.29 bits per heavy atom. The van der Waals surface area contributed by atoms with Crippen LogP contribution in [0.5, 0.6) is 0 Å². The molecular formula is C21H23ClN2O4. The van der Waals surface area contributed by atoms with Crippen molar-refractivity contribution >= 4 is 23.1 Å². The molecule has 1 fully saturated rings. The van der Waals surface area contributed by atoms with Crippen molar-refractivity contribution in [2.75, 3.05) is 19.6 Å². The molecule has 0 aliphatic carbocycles. The number of piperidine rings is 1. The van der Waals surface area contributed by atoms with Crippen LogP contribution in [0.15, 0.2) is 48.5 Å². The molecular weight excluding hydrogens is 380 g/mol. The summed E-state index contributed by atoms with van der Waals surface area (Å²) in [5, 5.41) is 22.2. The van der Waals surface area contributed by atoms with Gasteiger partial charge in [0.1, 0.15) is 0 Å². The molecule has 0 radical (unpaired) electrons. The minimum atomic E-state index is -0.824. The van der Waals surface area contributed by atoms with Gasteiger partial charge >= 0.3 is 0 Å². The van der Waals surface area contributed by atoms with Gasteiger partial charge in [0.15, 0.2) is 5.78 Å². The van der Waals surface area contributed by atoms with Crippen molar-refractivity contribution in [2.24, 2.45) is 0 Å². The van der Waals surface area contributed by atoms with Gasteiger partial charge < -0.3 is 10.0 Å². The van der Waals surface area contributed by atoms with Crippen LogP contribution in [0.25, 0.3) is 0 Å². The van der Waals surface area contributed by atoms with Gasteiger partial charge in [-0.15, -0.1) is 0 Å². The number of aliphatic hydroxyl groups is 1. The third kappa shape index (κ3) is 4.95. The number of hydrogen-bond donors (Lipinski definition) is 1. The number of nitro benzene ring substituents is 1. The molecule has 1 aliphatic rings. The number of carbonyl (C=O) groups is 1. The van der Waals surface area contributed by atoms with E-state index in [1.165, 1.54) is 24.3 Å². The van der Waals surface area contributed by atoms with Crippen molar-refractivity contribution in [3.63, 3.8) is 0 Å². The summed E-state index contributed by atoms with van der Waals surface area (Å²) in [6.07, 6.45) is 2.40. The fraction of sp³-hybridized carbons (Fsp3) is 0.381. The molecule has 0 aromatic heterocycles. The third-order valence-electron chi connectivity index (χ3n) is 5.34. The number of hydrogen-bond acceptors (Lipinski definition) is 5. The van der Waals surface area contributed by atoms with Crippen LogP contribution < -0.4 is 0 Å². The van der Waals surface area contributed by atoms with E-state index in [-0.39, 0.29) is 11.5 Å². The quantitative estimate of drug-likeness (QED) is 0.426. The van der Waals surface area contributed by atoms with Gasteiger partial charge in [0.2, 0.25) is 0 Å². The van der Waals surface area contributed by atoms with Crippen molar-refractivity contribution in [3.05, 3.63) is 74.8 Å². The van der Waals surface area contributed by atoms with Crippen LogP contribution in [0.1, 0.15) is 41.6 Å². The average Bonchev–Trinajstić information content (AvgIpc) is 2.70. The molecule has 6 nitrogen and oxygen atoms in total. The fourth-order valence-corrected chi connectivity index (χ4v) is 3.70. The SMILES string of the molecule is O=C(CCCN1CCC(O)(c2ccc(Cl)cc2)CC1)c1ccc([N+](=O)[O-])cc1. The maximum Gasteiger partial charge on any atom is 0.269 e. The van der Waals surface area contributed by atoms with Crippen molar-refractivity contribution in [1.82, 2.24) is 4.90 Å². The largest absolute Gasteiger partial charge is 0.385 e. The zero-order valence-corrected chi connectivity index (χ0v) is 16.3. The van der Waals surface area contributed by atoms with Gasteiger partial charge in [0, 0.05) is 42.2 Å². The highest BCUT2D eigenvalue weighted by molar-refractivity contribution is 6.30. The lowest BCUT2D eigenvalue weighted by molar-refractivity contribution is -0.384. The summed E-state index contributed by atoms with van der Waals surface area (Å²) < 4.78 is 0. The van der Waals surface area contributed by atoms with Gasteiger partial charge in [0.05, 0.1) is 10.5 Å². The molecule has 0 spiro atoms. The van der Waals surface area contributed by atoms with Crippen LogP contribution in [0.3, 0.4) is 0 Å². The summed E-state index contributed by atoms with van der Waals surface area (Å²) in [5.74, 6) is -0.00965. The van der Waals surface area contributed by atoms with Crippen LogP contribution in [0.4, 0.5) is 5.69 Å². The van der Waals surface area contributed by atoms with Gasteiger partial charge in [-0.1, -0.05) is 23.7 Å². The molecule has 2 aromatic carbocycles. The first-order chi connectivity index (χ1) is 13.4. The van der Waals surface area contributed by atoms with Crippen molar-refractivity contribution < 1.29 is 14.8 Å². The summed E-state index contributed by atoms with van der Waals surface area (Å²) in [6.45, 7) is 2.32. The van der Waals surface area contributed by atoms with Gasteiger partial charge in [0.25, 0.3) is 5.69 Å². The number of non-ortho nitro benzene ring substituents is 1. The number of carbonyl (C=O) groups excluding carboxylic acids is 1. The second-order valence-corrected chi connectivity index (χ2v) is 7.65. The maximum atomic E-state index is 12.2. The second-order valence-electron chi connectivity index (χ2n) is 7.21. The Balaban J connectivity index is 1.44. The van der Waals surface area contributed by atoms with Gasteiger partial charge in [-0.3, -0.25) is 14.9 Å². The molecule has 0 atom stereocenters. The predicted molar refractivity (Wildman–Crippen MR) is 108 cm³/mol. The number of likely N-dealkylation sites (tertiary alicyclic amines) is 1. The summed E-state index contributed by atoms with van der Waals surface area (Å²) in [5.41, 5.74) is 0.555. The van der Waals surface area contributed by atoms with Gasteiger partial charge in [-0.05, 0) is 55.6 Å². The first-order valence-electron chi connectivity index (χ1n) is 9.36. The van der Waals surface area contributed by atoms with Crippen LogP contribution in [-0.4, -0.2) is 40.3 Å². The van der Waals surface area contributed by atoms with E-state index in [9.17, 15) is 20.0 Å². The van der Waals surface area contributed by atoms with E-state index in [4.69, 9.17) is 11.6 Å². The van der Waals surface area contributed by atoms with E-state index in [1.54, 1.807) is 12.1 Å². The van der Waals surface area contributed by atoms with E-state index >= 15 is 0 Å². The molecule has 1 N–H and O–H groups in total.